The Kier molecular flexibility index (Phi) is 7.10. The predicted molar refractivity (Wildman–Crippen MR) is 104 cm³/mol. The van der Waals surface area contributed by atoms with E-state index in [1.54, 1.807) is 0 Å². The highest BCUT2D eigenvalue weighted by Crippen LogP contribution is 2.27. The molecule has 0 spiro atoms. The van der Waals surface area contributed by atoms with Gasteiger partial charge in [-0.2, -0.15) is 0 Å². The summed E-state index contributed by atoms with van der Waals surface area (Å²) in [7, 11) is 0. The molecule has 0 radical (unpaired) electrons. The van der Waals surface area contributed by atoms with Crippen LogP contribution in [0.4, 0.5) is 0 Å². The molecular formula is C22H32N2O2. The number of carbonyl (C=O) groups is 2. The second-order valence-electron chi connectivity index (χ2n) is 7.82. The second-order valence-corrected chi connectivity index (χ2v) is 7.82. The van der Waals surface area contributed by atoms with E-state index in [4.69, 9.17) is 0 Å². The third-order valence-electron chi connectivity index (χ3n) is 5.89. The van der Waals surface area contributed by atoms with Gasteiger partial charge < -0.3 is 9.80 Å². The van der Waals surface area contributed by atoms with Crippen molar-refractivity contribution in [3.05, 3.63) is 35.9 Å². The normalized spacial score (nSPS) is 19.2. The van der Waals surface area contributed by atoms with Crippen LogP contribution in [0.1, 0.15) is 56.9 Å². The van der Waals surface area contributed by atoms with Crippen molar-refractivity contribution in [2.24, 2.45) is 5.92 Å². The van der Waals surface area contributed by atoms with Crippen molar-refractivity contribution in [3.63, 3.8) is 0 Å². The maximum atomic E-state index is 12.6. The monoisotopic (exact) mass is 356 g/mol. The Labute approximate surface area is 157 Å². The van der Waals surface area contributed by atoms with Gasteiger partial charge in [-0.05, 0) is 24.3 Å². The number of amides is 2. The smallest absolute Gasteiger partial charge is 0.227 e. The number of benzene rings is 1. The molecule has 142 valence electrons. The second kappa shape index (κ2) is 9.75. The van der Waals surface area contributed by atoms with Gasteiger partial charge in [0.15, 0.2) is 0 Å². The Morgan fingerprint density at radius 1 is 0.808 bits per heavy atom. The highest BCUT2D eigenvalue weighted by molar-refractivity contribution is 5.79. The molecule has 4 heteroatoms. The molecule has 0 atom stereocenters. The fraction of sp³-hybridized carbons (Fsp3) is 0.636. The van der Waals surface area contributed by atoms with E-state index in [2.05, 4.69) is 0 Å². The van der Waals surface area contributed by atoms with Crippen LogP contribution in [0, 0.1) is 5.92 Å². The minimum atomic E-state index is 0.174. The standard InChI is InChI=1S/C22H32N2O2/c25-21(13-12-19-8-3-1-4-9-19)23-14-7-15-24(17-16-23)22(26)18-20-10-5-2-6-11-20/h2,5-6,10-11,19H,1,3-4,7-9,12-18H2. The summed E-state index contributed by atoms with van der Waals surface area (Å²) in [5.41, 5.74) is 1.06. The third kappa shape index (κ3) is 5.58. The SMILES string of the molecule is O=C(CCC1CCCCC1)N1CCCN(C(=O)Cc2ccccc2)CC1. The van der Waals surface area contributed by atoms with Crippen LogP contribution >= 0.6 is 0 Å². The van der Waals surface area contributed by atoms with E-state index in [0.29, 0.717) is 25.9 Å². The molecule has 1 aliphatic heterocycles. The van der Waals surface area contributed by atoms with Crippen LogP contribution in [0.25, 0.3) is 0 Å². The van der Waals surface area contributed by atoms with E-state index >= 15 is 0 Å². The Morgan fingerprint density at radius 3 is 2.15 bits per heavy atom. The summed E-state index contributed by atoms with van der Waals surface area (Å²) in [4.78, 5) is 29.1. The molecule has 2 amide bonds. The lowest BCUT2D eigenvalue weighted by molar-refractivity contribution is -0.133. The molecular weight excluding hydrogens is 324 g/mol. The lowest BCUT2D eigenvalue weighted by Gasteiger charge is -2.24. The number of nitrogens with zero attached hydrogens (tertiary/aromatic N) is 2. The van der Waals surface area contributed by atoms with Gasteiger partial charge in [0.1, 0.15) is 0 Å². The van der Waals surface area contributed by atoms with Gasteiger partial charge in [-0.1, -0.05) is 62.4 Å². The van der Waals surface area contributed by atoms with Crippen molar-refractivity contribution in [1.29, 1.82) is 0 Å². The van der Waals surface area contributed by atoms with Gasteiger partial charge >= 0.3 is 0 Å². The van der Waals surface area contributed by atoms with Gasteiger partial charge in [0.2, 0.25) is 11.8 Å². The fourth-order valence-corrected chi connectivity index (χ4v) is 4.26. The van der Waals surface area contributed by atoms with Gasteiger partial charge in [0, 0.05) is 32.6 Å². The first-order chi connectivity index (χ1) is 12.7. The molecule has 0 bridgehead atoms. The lowest BCUT2D eigenvalue weighted by Crippen LogP contribution is -2.38. The van der Waals surface area contributed by atoms with E-state index < -0.39 is 0 Å². The van der Waals surface area contributed by atoms with Crippen molar-refractivity contribution >= 4 is 11.8 Å². The first-order valence-corrected chi connectivity index (χ1v) is 10.3. The molecule has 0 aromatic heterocycles. The van der Waals surface area contributed by atoms with Crippen LogP contribution in [0.5, 0.6) is 0 Å². The fourth-order valence-electron chi connectivity index (χ4n) is 4.26. The average molecular weight is 357 g/mol. The van der Waals surface area contributed by atoms with Gasteiger partial charge in [-0.3, -0.25) is 9.59 Å². The molecule has 1 saturated carbocycles. The Hall–Kier alpha value is -1.84. The van der Waals surface area contributed by atoms with E-state index in [-0.39, 0.29) is 11.8 Å². The summed E-state index contributed by atoms with van der Waals surface area (Å²) in [5.74, 6) is 1.21. The van der Waals surface area contributed by atoms with Crippen LogP contribution in [0.2, 0.25) is 0 Å². The molecule has 1 aliphatic carbocycles. The lowest BCUT2D eigenvalue weighted by atomic mass is 9.86. The Balaban J connectivity index is 1.43. The summed E-state index contributed by atoms with van der Waals surface area (Å²) < 4.78 is 0. The molecule has 3 rings (SSSR count). The van der Waals surface area contributed by atoms with Crippen molar-refractivity contribution in [2.75, 3.05) is 26.2 Å². The summed E-state index contributed by atoms with van der Waals surface area (Å²) in [6.45, 7) is 2.90. The van der Waals surface area contributed by atoms with Crippen LogP contribution < -0.4 is 0 Å². The van der Waals surface area contributed by atoms with Crippen molar-refractivity contribution in [2.45, 2.75) is 57.8 Å². The topological polar surface area (TPSA) is 40.6 Å². The molecule has 2 aliphatic rings. The van der Waals surface area contributed by atoms with Crippen molar-refractivity contribution < 1.29 is 9.59 Å². The summed E-state index contributed by atoms with van der Waals surface area (Å²) >= 11 is 0. The number of hydrogen-bond donors (Lipinski definition) is 0. The zero-order chi connectivity index (χ0) is 18.2. The van der Waals surface area contributed by atoms with Crippen LogP contribution in [0.15, 0.2) is 30.3 Å². The van der Waals surface area contributed by atoms with E-state index in [1.165, 1.54) is 32.1 Å². The first-order valence-electron chi connectivity index (χ1n) is 10.3. The molecule has 2 fully saturated rings. The molecule has 0 unspecified atom stereocenters. The molecule has 0 N–H and O–H groups in total. The molecule has 1 aromatic rings. The summed E-state index contributed by atoms with van der Waals surface area (Å²) in [6, 6.07) is 9.90. The molecule has 1 heterocycles. The Bertz CT molecular complexity index is 581. The van der Waals surface area contributed by atoms with Crippen molar-refractivity contribution in [3.8, 4) is 0 Å². The molecule has 4 nitrogen and oxygen atoms in total. The number of rotatable bonds is 5. The van der Waals surface area contributed by atoms with E-state index in [0.717, 1.165) is 37.4 Å². The van der Waals surface area contributed by atoms with Gasteiger partial charge in [-0.25, -0.2) is 0 Å². The highest BCUT2D eigenvalue weighted by atomic mass is 16.2. The van der Waals surface area contributed by atoms with Crippen molar-refractivity contribution in [1.82, 2.24) is 9.80 Å². The number of carbonyl (C=O) groups excluding carboxylic acids is 2. The number of hydrogen-bond acceptors (Lipinski definition) is 2. The molecule has 26 heavy (non-hydrogen) atoms. The molecule has 1 saturated heterocycles. The average Bonchev–Trinajstić information content (AvgIpc) is 2.94. The minimum absolute atomic E-state index is 0.174. The highest BCUT2D eigenvalue weighted by Gasteiger charge is 2.23. The van der Waals surface area contributed by atoms with Crippen LogP contribution in [-0.2, 0) is 16.0 Å². The largest absolute Gasteiger partial charge is 0.341 e. The zero-order valence-corrected chi connectivity index (χ0v) is 15.9. The maximum absolute atomic E-state index is 12.6. The summed E-state index contributed by atoms with van der Waals surface area (Å²) in [6.07, 6.45) is 9.70. The van der Waals surface area contributed by atoms with Gasteiger partial charge in [0.25, 0.3) is 0 Å². The zero-order valence-electron chi connectivity index (χ0n) is 15.9. The minimum Gasteiger partial charge on any atom is -0.341 e. The maximum Gasteiger partial charge on any atom is 0.227 e. The predicted octanol–water partition coefficient (Wildman–Crippen LogP) is 3.65. The van der Waals surface area contributed by atoms with E-state index in [9.17, 15) is 9.59 Å². The van der Waals surface area contributed by atoms with Gasteiger partial charge in [-0.15, -0.1) is 0 Å². The third-order valence-corrected chi connectivity index (χ3v) is 5.89. The first kappa shape index (κ1) is 18.9. The van der Waals surface area contributed by atoms with Crippen LogP contribution in [0.3, 0.4) is 0 Å². The van der Waals surface area contributed by atoms with Crippen LogP contribution in [-0.4, -0.2) is 47.8 Å². The Morgan fingerprint density at radius 2 is 1.46 bits per heavy atom. The van der Waals surface area contributed by atoms with E-state index in [1.807, 2.05) is 40.1 Å². The molecule has 1 aromatic carbocycles. The quantitative estimate of drug-likeness (QED) is 0.808. The van der Waals surface area contributed by atoms with Gasteiger partial charge in [0.05, 0.1) is 6.42 Å². The summed E-state index contributed by atoms with van der Waals surface area (Å²) in [5, 5.41) is 0.